The van der Waals surface area contributed by atoms with Crippen LogP contribution in [-0.2, 0) is 6.42 Å². The lowest BCUT2D eigenvalue weighted by Crippen LogP contribution is -2.27. The summed E-state index contributed by atoms with van der Waals surface area (Å²) in [5, 5.41) is 11.6. The van der Waals surface area contributed by atoms with Crippen LogP contribution in [0.3, 0.4) is 0 Å². The minimum atomic E-state index is -0.556. The van der Waals surface area contributed by atoms with Crippen LogP contribution < -0.4 is 15.3 Å². The normalized spacial score (nSPS) is 13.5. The van der Waals surface area contributed by atoms with Gasteiger partial charge in [0.1, 0.15) is 11.6 Å². The molecule has 0 unspecified atom stereocenters. The van der Waals surface area contributed by atoms with E-state index in [9.17, 15) is 18.7 Å². The minimum Gasteiger partial charge on any atom is -0.493 e. The van der Waals surface area contributed by atoms with Crippen molar-refractivity contribution in [2.75, 3.05) is 0 Å². The second-order valence-corrected chi connectivity index (χ2v) is 6.75. The standard InChI is InChI=1S/C19H12F2N2O2S/c20-11-4-5-15(21)10(8-11)9-14(17-18(24)23-19(25)26-17)12-2-1-3-16-13(12)6-7-22-16/h1-8,24H,9H2,(H,23,25). The molecule has 3 aromatic rings. The van der Waals surface area contributed by atoms with Crippen molar-refractivity contribution in [1.29, 1.82) is 0 Å². The minimum absolute atomic E-state index is 0.00917. The fourth-order valence-electron chi connectivity index (χ4n) is 2.99. The van der Waals surface area contributed by atoms with Crippen LogP contribution in [-0.4, -0.2) is 16.3 Å². The van der Waals surface area contributed by atoms with Gasteiger partial charge in [0, 0.05) is 17.9 Å². The molecule has 4 nitrogen and oxygen atoms in total. The van der Waals surface area contributed by atoms with Crippen LogP contribution in [0, 0.1) is 11.6 Å². The van der Waals surface area contributed by atoms with Crippen molar-refractivity contribution in [2.45, 2.75) is 6.42 Å². The fourth-order valence-corrected chi connectivity index (χ4v) is 3.77. The number of thiazole rings is 1. The Hall–Kier alpha value is -3.06. The number of aromatic hydroxyl groups is 1. The number of fused-ring (bicyclic) bond motifs is 1. The van der Waals surface area contributed by atoms with E-state index < -0.39 is 16.5 Å². The van der Waals surface area contributed by atoms with E-state index in [0.717, 1.165) is 40.4 Å². The van der Waals surface area contributed by atoms with Crippen LogP contribution in [0.5, 0.6) is 5.88 Å². The molecule has 0 aliphatic carbocycles. The van der Waals surface area contributed by atoms with E-state index in [1.54, 1.807) is 24.4 Å². The van der Waals surface area contributed by atoms with Gasteiger partial charge in [-0.2, -0.15) is 0 Å². The number of rotatable bonds is 3. The van der Waals surface area contributed by atoms with Gasteiger partial charge in [0.15, 0.2) is 0 Å². The van der Waals surface area contributed by atoms with Gasteiger partial charge in [-0.3, -0.25) is 14.8 Å². The van der Waals surface area contributed by atoms with Crippen molar-refractivity contribution in [1.82, 2.24) is 4.98 Å². The molecule has 4 rings (SSSR count). The van der Waals surface area contributed by atoms with Gasteiger partial charge in [0.2, 0.25) is 5.88 Å². The van der Waals surface area contributed by atoms with E-state index in [4.69, 9.17) is 0 Å². The maximum absolute atomic E-state index is 14.2. The Morgan fingerprint density at radius 3 is 2.85 bits per heavy atom. The number of hydrogen-bond acceptors (Lipinski definition) is 4. The second kappa shape index (κ2) is 6.34. The molecule has 0 spiro atoms. The predicted octanol–water partition coefficient (Wildman–Crippen LogP) is 2.36. The SMILES string of the molecule is O=c1[nH]c(O)c(C(Cc2cc(F)ccc2F)=c2cccc3c2=CC=N3)s1. The molecule has 0 saturated heterocycles. The third-order valence-electron chi connectivity index (χ3n) is 4.14. The smallest absolute Gasteiger partial charge is 0.307 e. The van der Waals surface area contributed by atoms with Crippen LogP contribution in [0.4, 0.5) is 14.5 Å². The van der Waals surface area contributed by atoms with Crippen LogP contribution in [0.1, 0.15) is 10.4 Å². The Balaban J connectivity index is 2.03. The fraction of sp³-hybridized carbons (Fsp3) is 0.0526. The summed E-state index contributed by atoms with van der Waals surface area (Å²) in [5.74, 6) is -1.40. The van der Waals surface area contributed by atoms with Crippen molar-refractivity contribution in [3.05, 3.63) is 78.6 Å². The average Bonchev–Trinajstić information content (AvgIpc) is 3.21. The quantitative estimate of drug-likeness (QED) is 0.743. The van der Waals surface area contributed by atoms with Gasteiger partial charge in [-0.05, 0) is 46.7 Å². The topological polar surface area (TPSA) is 65.5 Å². The van der Waals surface area contributed by atoms with Gasteiger partial charge in [-0.25, -0.2) is 8.78 Å². The number of hydrogen-bond donors (Lipinski definition) is 2. The largest absolute Gasteiger partial charge is 0.493 e. The first-order valence-electron chi connectivity index (χ1n) is 7.76. The molecule has 26 heavy (non-hydrogen) atoms. The molecule has 0 bridgehead atoms. The maximum atomic E-state index is 14.2. The van der Waals surface area contributed by atoms with Gasteiger partial charge in [0.25, 0.3) is 0 Å². The van der Waals surface area contributed by atoms with Crippen LogP contribution in [0.2, 0.25) is 0 Å². The van der Waals surface area contributed by atoms with E-state index in [1.165, 1.54) is 0 Å². The Morgan fingerprint density at radius 1 is 1.23 bits per heavy atom. The summed E-state index contributed by atoms with van der Waals surface area (Å²) in [6, 6.07) is 8.65. The van der Waals surface area contributed by atoms with E-state index >= 15 is 0 Å². The van der Waals surface area contributed by atoms with E-state index in [0.29, 0.717) is 15.7 Å². The van der Waals surface area contributed by atoms with Gasteiger partial charge < -0.3 is 5.11 Å². The Kier molecular flexibility index (Phi) is 4.00. The van der Waals surface area contributed by atoms with E-state index in [2.05, 4.69) is 9.98 Å². The summed E-state index contributed by atoms with van der Waals surface area (Å²) in [5.41, 5.74) is 1.40. The molecular weight excluding hydrogens is 358 g/mol. The number of benzene rings is 2. The molecule has 0 fully saturated rings. The van der Waals surface area contributed by atoms with Crippen molar-refractivity contribution in [2.24, 2.45) is 4.99 Å². The highest BCUT2D eigenvalue weighted by Gasteiger charge is 2.17. The number of halogens is 2. The third-order valence-corrected chi connectivity index (χ3v) is 5.07. The van der Waals surface area contributed by atoms with E-state index in [-0.39, 0.29) is 17.9 Å². The number of nitrogens with zero attached hydrogens (tertiary/aromatic N) is 1. The van der Waals surface area contributed by atoms with Gasteiger partial charge in [-0.15, -0.1) is 0 Å². The zero-order chi connectivity index (χ0) is 18.3. The van der Waals surface area contributed by atoms with Gasteiger partial charge in [0.05, 0.1) is 10.6 Å². The van der Waals surface area contributed by atoms with Crippen molar-refractivity contribution in [3.8, 4) is 5.88 Å². The second-order valence-electron chi connectivity index (χ2n) is 5.77. The van der Waals surface area contributed by atoms with Crippen molar-refractivity contribution < 1.29 is 13.9 Å². The lowest BCUT2D eigenvalue weighted by molar-refractivity contribution is 0.454. The van der Waals surface area contributed by atoms with Gasteiger partial charge in [-0.1, -0.05) is 23.5 Å². The first-order valence-corrected chi connectivity index (χ1v) is 8.57. The number of aliphatic imine (C=N–C) groups is 1. The molecule has 2 N–H and O–H groups in total. The number of H-pyrrole nitrogens is 1. The van der Waals surface area contributed by atoms with Crippen LogP contribution in [0.15, 0.2) is 46.2 Å². The number of aromatic nitrogens is 1. The molecule has 2 aromatic carbocycles. The molecule has 1 aliphatic rings. The Bertz CT molecular complexity index is 1230. The summed E-state index contributed by atoms with van der Waals surface area (Å²) < 4.78 is 27.8. The average molecular weight is 370 g/mol. The molecular formula is C19H12F2N2O2S. The predicted molar refractivity (Wildman–Crippen MR) is 97.5 cm³/mol. The van der Waals surface area contributed by atoms with E-state index in [1.807, 2.05) is 6.07 Å². The molecule has 130 valence electrons. The summed E-state index contributed by atoms with van der Waals surface area (Å²) in [6.45, 7) is 0. The highest BCUT2D eigenvalue weighted by molar-refractivity contribution is 7.10. The summed E-state index contributed by atoms with van der Waals surface area (Å²) in [6.07, 6.45) is 3.46. The summed E-state index contributed by atoms with van der Waals surface area (Å²) >= 11 is 0.823. The molecule has 0 amide bonds. The van der Waals surface area contributed by atoms with Crippen molar-refractivity contribution >= 4 is 34.9 Å². The monoisotopic (exact) mass is 370 g/mol. The summed E-state index contributed by atoms with van der Waals surface area (Å²) in [4.78, 5) is 18.1. The van der Waals surface area contributed by atoms with Gasteiger partial charge >= 0.3 is 4.87 Å². The first kappa shape index (κ1) is 16.4. The van der Waals surface area contributed by atoms with Crippen LogP contribution in [0.25, 0.3) is 11.6 Å². The molecule has 2 heterocycles. The Labute approximate surface area is 150 Å². The molecule has 7 heteroatoms. The molecule has 0 atom stereocenters. The summed E-state index contributed by atoms with van der Waals surface area (Å²) in [7, 11) is 0. The lowest BCUT2D eigenvalue weighted by Gasteiger charge is -2.09. The highest BCUT2D eigenvalue weighted by Crippen LogP contribution is 2.27. The zero-order valence-electron chi connectivity index (χ0n) is 13.3. The number of nitrogens with one attached hydrogen (secondary N) is 1. The zero-order valence-corrected chi connectivity index (χ0v) is 14.1. The molecule has 1 aromatic heterocycles. The third kappa shape index (κ3) is 2.86. The molecule has 0 saturated carbocycles. The number of aromatic amines is 1. The highest BCUT2D eigenvalue weighted by atomic mass is 32.1. The van der Waals surface area contributed by atoms with Crippen molar-refractivity contribution in [3.63, 3.8) is 0 Å². The Morgan fingerprint density at radius 2 is 2.08 bits per heavy atom. The molecule has 1 aliphatic heterocycles. The van der Waals surface area contributed by atoms with Crippen LogP contribution >= 0.6 is 11.3 Å². The maximum Gasteiger partial charge on any atom is 0.307 e. The molecule has 0 radical (unpaired) electrons. The lowest BCUT2D eigenvalue weighted by atomic mass is 9.99. The first-order chi connectivity index (χ1) is 12.5.